The lowest BCUT2D eigenvalue weighted by Crippen LogP contribution is -2.43. The predicted molar refractivity (Wildman–Crippen MR) is 117 cm³/mol. The van der Waals surface area contributed by atoms with Crippen LogP contribution in [0, 0.1) is 13.8 Å². The summed E-state index contributed by atoms with van der Waals surface area (Å²) in [5.41, 5.74) is 2.44. The molecule has 0 radical (unpaired) electrons. The molecule has 7 heteroatoms. The van der Waals surface area contributed by atoms with Crippen LogP contribution in [0.5, 0.6) is 0 Å². The van der Waals surface area contributed by atoms with Gasteiger partial charge >= 0.3 is 5.97 Å². The highest BCUT2D eigenvalue weighted by Crippen LogP contribution is 2.26. The van der Waals surface area contributed by atoms with E-state index in [-0.39, 0.29) is 18.2 Å². The number of hydrogen-bond donors (Lipinski definition) is 0. The zero-order valence-corrected chi connectivity index (χ0v) is 18.7. The van der Waals surface area contributed by atoms with Crippen LogP contribution in [0.1, 0.15) is 56.3 Å². The maximum atomic E-state index is 13.5. The lowest BCUT2D eigenvalue weighted by Gasteiger charge is -2.27. The first-order valence-electron chi connectivity index (χ1n) is 9.69. The first-order valence-corrected chi connectivity index (χ1v) is 10.1. The number of nitrogens with zero attached hydrogens (tertiary/aromatic N) is 2. The van der Waals surface area contributed by atoms with E-state index in [4.69, 9.17) is 16.3 Å². The van der Waals surface area contributed by atoms with Crippen molar-refractivity contribution in [3.05, 3.63) is 70.0 Å². The van der Waals surface area contributed by atoms with Crippen molar-refractivity contribution in [2.24, 2.45) is 0 Å². The van der Waals surface area contributed by atoms with Crippen LogP contribution in [0.2, 0.25) is 5.02 Å². The second kappa shape index (κ2) is 9.76. The van der Waals surface area contributed by atoms with Crippen LogP contribution in [0.25, 0.3) is 0 Å². The van der Waals surface area contributed by atoms with Crippen molar-refractivity contribution in [2.75, 3.05) is 13.7 Å². The number of ketones is 1. The number of halogens is 1. The Bertz CT molecular complexity index is 976. The predicted octanol–water partition coefficient (Wildman–Crippen LogP) is 4.46. The highest BCUT2D eigenvalue weighted by atomic mass is 35.5. The summed E-state index contributed by atoms with van der Waals surface area (Å²) in [6, 6.07) is 5.74. The number of aromatic nitrogens is 1. The van der Waals surface area contributed by atoms with E-state index in [0.29, 0.717) is 39.6 Å². The molecule has 1 amide bonds. The number of ether oxygens (including phenoxy) is 1. The lowest BCUT2D eigenvalue weighted by molar-refractivity contribution is 0.0587. The number of benzene rings is 1. The Balaban J connectivity index is 2.48. The molecule has 0 aliphatic rings. The van der Waals surface area contributed by atoms with Crippen LogP contribution in [0.3, 0.4) is 0 Å². The summed E-state index contributed by atoms with van der Waals surface area (Å²) in [6.45, 7) is 11.5. The topological polar surface area (TPSA) is 68.6 Å². The first kappa shape index (κ1) is 23.4. The van der Waals surface area contributed by atoms with Gasteiger partial charge in [0, 0.05) is 34.9 Å². The maximum absolute atomic E-state index is 13.5. The van der Waals surface area contributed by atoms with Gasteiger partial charge in [-0.3, -0.25) is 9.59 Å². The largest absolute Gasteiger partial charge is 0.464 e. The summed E-state index contributed by atoms with van der Waals surface area (Å²) in [5, 5.41) is 0.522. The van der Waals surface area contributed by atoms with Crippen LogP contribution in [-0.2, 0) is 11.3 Å². The molecule has 1 atom stereocenters. The molecule has 0 spiro atoms. The van der Waals surface area contributed by atoms with Crippen molar-refractivity contribution in [3.8, 4) is 0 Å². The minimum absolute atomic E-state index is 0.199. The van der Waals surface area contributed by atoms with E-state index in [1.165, 1.54) is 12.0 Å². The van der Waals surface area contributed by atoms with Gasteiger partial charge in [-0.1, -0.05) is 17.7 Å². The van der Waals surface area contributed by atoms with E-state index >= 15 is 0 Å². The van der Waals surface area contributed by atoms with Crippen LogP contribution in [-0.4, -0.2) is 46.8 Å². The molecular formula is C23H27ClN2O4. The quantitative estimate of drug-likeness (QED) is 0.352. The van der Waals surface area contributed by atoms with Gasteiger partial charge in [0.05, 0.1) is 13.2 Å². The maximum Gasteiger partial charge on any atom is 0.354 e. The third-order valence-corrected chi connectivity index (χ3v) is 5.48. The van der Waals surface area contributed by atoms with Gasteiger partial charge in [0.1, 0.15) is 5.69 Å². The molecule has 1 aromatic carbocycles. The average molecular weight is 431 g/mol. The summed E-state index contributed by atoms with van der Waals surface area (Å²) in [6.07, 6.45) is 1.58. The van der Waals surface area contributed by atoms with Gasteiger partial charge in [0.25, 0.3) is 5.91 Å². The van der Waals surface area contributed by atoms with Gasteiger partial charge in [0.2, 0.25) is 0 Å². The van der Waals surface area contributed by atoms with Crippen molar-refractivity contribution in [3.63, 3.8) is 0 Å². The number of amides is 1. The highest BCUT2D eigenvalue weighted by molar-refractivity contribution is 6.30. The zero-order chi connectivity index (χ0) is 22.6. The van der Waals surface area contributed by atoms with E-state index in [9.17, 15) is 14.4 Å². The van der Waals surface area contributed by atoms with E-state index in [0.717, 1.165) is 0 Å². The summed E-state index contributed by atoms with van der Waals surface area (Å²) in [7, 11) is 1.31. The molecular weight excluding hydrogens is 404 g/mol. The van der Waals surface area contributed by atoms with E-state index in [2.05, 4.69) is 6.58 Å². The normalized spacial score (nSPS) is 11.7. The van der Waals surface area contributed by atoms with Gasteiger partial charge in [-0.05, 0) is 57.5 Å². The number of hydrogen-bond acceptors (Lipinski definition) is 4. The van der Waals surface area contributed by atoms with Crippen molar-refractivity contribution < 1.29 is 19.1 Å². The summed E-state index contributed by atoms with van der Waals surface area (Å²) in [5.74, 6) is -1.04. The number of carbonyl (C=O) groups is 3. The smallest absolute Gasteiger partial charge is 0.354 e. The second-order valence-corrected chi connectivity index (χ2v) is 7.40. The fraction of sp³-hybridized carbons (Fsp3) is 0.348. The zero-order valence-electron chi connectivity index (χ0n) is 18.0. The van der Waals surface area contributed by atoms with E-state index in [1.54, 1.807) is 55.7 Å². The van der Waals surface area contributed by atoms with Crippen LogP contribution < -0.4 is 0 Å². The fourth-order valence-corrected chi connectivity index (χ4v) is 3.80. The van der Waals surface area contributed by atoms with Crippen molar-refractivity contribution >= 4 is 29.3 Å². The molecule has 1 heterocycles. The van der Waals surface area contributed by atoms with Crippen molar-refractivity contribution in [1.29, 1.82) is 0 Å². The lowest BCUT2D eigenvalue weighted by atomic mass is 9.99. The Labute approximate surface area is 182 Å². The standard InChI is InChI=1S/C23H27ClN2O4/c1-7-13-26(22(28)17-9-11-18(24)12-10-17)16(5)21(27)19-14(3)20(23(29)30-6)25(8-2)15(19)4/h7,9-12,16H,1,8,13H2,2-6H3. The number of methoxy groups -OCH3 is 1. The summed E-state index contributed by atoms with van der Waals surface area (Å²) in [4.78, 5) is 40.3. The average Bonchev–Trinajstić information content (AvgIpc) is 2.99. The molecule has 2 rings (SSSR count). The van der Waals surface area contributed by atoms with E-state index < -0.39 is 12.0 Å². The Hall–Kier alpha value is -2.86. The van der Waals surface area contributed by atoms with E-state index in [1.807, 2.05) is 6.92 Å². The van der Waals surface area contributed by atoms with Crippen LogP contribution in [0.15, 0.2) is 36.9 Å². The molecule has 2 aromatic rings. The number of esters is 1. The minimum atomic E-state index is -0.762. The molecule has 0 fully saturated rings. The fourth-order valence-electron chi connectivity index (χ4n) is 3.68. The third kappa shape index (κ3) is 4.33. The van der Waals surface area contributed by atoms with Gasteiger partial charge in [-0.15, -0.1) is 6.58 Å². The molecule has 30 heavy (non-hydrogen) atoms. The van der Waals surface area contributed by atoms with Gasteiger partial charge in [0.15, 0.2) is 5.78 Å². The Morgan fingerprint density at radius 2 is 1.83 bits per heavy atom. The summed E-state index contributed by atoms with van der Waals surface area (Å²) >= 11 is 5.92. The molecule has 6 nitrogen and oxygen atoms in total. The van der Waals surface area contributed by atoms with Crippen LogP contribution >= 0.6 is 11.6 Å². The number of Topliss-reactive ketones (excluding diaryl/α,β-unsaturated/α-hetero) is 1. The van der Waals surface area contributed by atoms with Crippen molar-refractivity contribution in [2.45, 2.75) is 40.3 Å². The molecule has 1 unspecified atom stereocenters. The van der Waals surface area contributed by atoms with Gasteiger partial charge < -0.3 is 14.2 Å². The van der Waals surface area contributed by atoms with Gasteiger partial charge in [-0.2, -0.15) is 0 Å². The van der Waals surface area contributed by atoms with Gasteiger partial charge in [-0.25, -0.2) is 4.79 Å². The molecule has 1 aromatic heterocycles. The summed E-state index contributed by atoms with van der Waals surface area (Å²) < 4.78 is 6.66. The Morgan fingerprint density at radius 1 is 1.23 bits per heavy atom. The molecule has 0 bridgehead atoms. The number of rotatable bonds is 8. The molecule has 160 valence electrons. The molecule has 0 aliphatic heterocycles. The van der Waals surface area contributed by atoms with Crippen LogP contribution in [0.4, 0.5) is 0 Å². The SMILES string of the molecule is C=CCN(C(=O)c1ccc(Cl)cc1)C(C)C(=O)c1c(C)c(C(=O)OC)n(CC)c1C. The molecule has 0 N–H and O–H groups in total. The third-order valence-electron chi connectivity index (χ3n) is 5.23. The molecule has 0 saturated heterocycles. The Morgan fingerprint density at radius 3 is 2.33 bits per heavy atom. The van der Waals surface area contributed by atoms with Crippen molar-refractivity contribution in [1.82, 2.24) is 9.47 Å². The molecule has 0 saturated carbocycles. The molecule has 0 aliphatic carbocycles. The first-order chi connectivity index (χ1) is 14.2. The minimum Gasteiger partial charge on any atom is -0.464 e. The second-order valence-electron chi connectivity index (χ2n) is 6.96. The highest BCUT2D eigenvalue weighted by Gasteiger charge is 2.32. The number of carbonyl (C=O) groups excluding carboxylic acids is 3. The monoisotopic (exact) mass is 430 g/mol. The Kier molecular flexibility index (Phi) is 7.62.